The first-order valence-electron chi connectivity index (χ1n) is 6.61. The Labute approximate surface area is 109 Å². The Morgan fingerprint density at radius 2 is 2.11 bits per heavy atom. The number of unbranched alkanes of at least 4 members (excludes halogenated alkanes) is 1. The average molecular weight is 250 g/mol. The number of rotatable bonds is 7. The Morgan fingerprint density at radius 1 is 1.33 bits per heavy atom. The highest BCUT2D eigenvalue weighted by atomic mass is 16.5. The molecule has 0 radical (unpaired) electrons. The van der Waals surface area contributed by atoms with Crippen LogP contribution in [0.2, 0.25) is 0 Å². The van der Waals surface area contributed by atoms with Crippen molar-refractivity contribution in [3.05, 3.63) is 23.9 Å². The van der Waals surface area contributed by atoms with Crippen LogP contribution in [0.5, 0.6) is 0 Å². The van der Waals surface area contributed by atoms with Crippen molar-refractivity contribution in [2.24, 2.45) is 0 Å². The van der Waals surface area contributed by atoms with Crippen molar-refractivity contribution in [2.75, 3.05) is 24.6 Å². The Bertz CT molecular complexity index is 363. The van der Waals surface area contributed by atoms with E-state index < -0.39 is 0 Å². The van der Waals surface area contributed by atoms with Gasteiger partial charge in [0.1, 0.15) is 5.82 Å². The summed E-state index contributed by atoms with van der Waals surface area (Å²) in [6, 6.07) is 3.65. The summed E-state index contributed by atoms with van der Waals surface area (Å²) >= 11 is 0. The van der Waals surface area contributed by atoms with Gasteiger partial charge in [0.25, 0.3) is 0 Å². The van der Waals surface area contributed by atoms with Crippen molar-refractivity contribution in [1.82, 2.24) is 4.98 Å². The number of carbonyl (C=O) groups is 1. The van der Waals surface area contributed by atoms with Gasteiger partial charge in [0.05, 0.1) is 12.2 Å². The molecule has 1 rings (SSSR count). The number of nitrogens with zero attached hydrogens (tertiary/aromatic N) is 2. The van der Waals surface area contributed by atoms with Crippen molar-refractivity contribution in [2.45, 2.75) is 33.6 Å². The molecular formula is C14H22N2O2. The fourth-order valence-electron chi connectivity index (χ4n) is 1.69. The third-order valence-electron chi connectivity index (χ3n) is 2.75. The summed E-state index contributed by atoms with van der Waals surface area (Å²) in [4.78, 5) is 18.0. The summed E-state index contributed by atoms with van der Waals surface area (Å²) in [6.07, 6.45) is 3.90. The van der Waals surface area contributed by atoms with Gasteiger partial charge in [-0.05, 0) is 32.4 Å². The first kappa shape index (κ1) is 14.5. The second-order valence-corrected chi connectivity index (χ2v) is 4.06. The molecule has 0 bridgehead atoms. The Kier molecular flexibility index (Phi) is 6.19. The molecule has 0 N–H and O–H groups in total. The number of anilines is 1. The SMILES string of the molecule is CCCCN(CC)c1ccc(C(=O)OCC)cn1. The van der Waals surface area contributed by atoms with E-state index in [9.17, 15) is 4.79 Å². The van der Waals surface area contributed by atoms with E-state index in [1.165, 1.54) is 0 Å². The summed E-state index contributed by atoms with van der Waals surface area (Å²) in [5.74, 6) is 0.604. The van der Waals surface area contributed by atoms with Crippen molar-refractivity contribution in [3.8, 4) is 0 Å². The van der Waals surface area contributed by atoms with E-state index >= 15 is 0 Å². The van der Waals surface area contributed by atoms with E-state index in [2.05, 4.69) is 23.7 Å². The lowest BCUT2D eigenvalue weighted by Crippen LogP contribution is -2.24. The van der Waals surface area contributed by atoms with Gasteiger partial charge in [0.2, 0.25) is 0 Å². The van der Waals surface area contributed by atoms with Gasteiger partial charge in [0, 0.05) is 19.3 Å². The molecule has 0 atom stereocenters. The predicted octanol–water partition coefficient (Wildman–Crippen LogP) is 2.88. The molecule has 0 aromatic carbocycles. The molecular weight excluding hydrogens is 228 g/mol. The van der Waals surface area contributed by atoms with Gasteiger partial charge >= 0.3 is 5.97 Å². The average Bonchev–Trinajstić information content (AvgIpc) is 2.40. The van der Waals surface area contributed by atoms with Crippen LogP contribution in [0.15, 0.2) is 18.3 Å². The molecule has 0 aliphatic rings. The van der Waals surface area contributed by atoms with E-state index in [-0.39, 0.29) is 5.97 Å². The normalized spacial score (nSPS) is 10.2. The molecule has 1 aromatic heterocycles. The number of pyridine rings is 1. The quantitative estimate of drug-likeness (QED) is 0.698. The van der Waals surface area contributed by atoms with Crippen LogP contribution in [0.3, 0.4) is 0 Å². The van der Waals surface area contributed by atoms with Gasteiger partial charge < -0.3 is 9.64 Å². The molecule has 0 saturated carbocycles. The Hall–Kier alpha value is -1.58. The molecule has 1 heterocycles. The van der Waals surface area contributed by atoms with Crippen molar-refractivity contribution < 1.29 is 9.53 Å². The van der Waals surface area contributed by atoms with Gasteiger partial charge in [-0.3, -0.25) is 0 Å². The van der Waals surface area contributed by atoms with Crippen LogP contribution >= 0.6 is 0 Å². The molecule has 0 fully saturated rings. The first-order chi connectivity index (χ1) is 8.72. The number of hydrogen-bond acceptors (Lipinski definition) is 4. The molecule has 4 nitrogen and oxygen atoms in total. The minimum atomic E-state index is -0.312. The second kappa shape index (κ2) is 7.69. The molecule has 0 unspecified atom stereocenters. The van der Waals surface area contributed by atoms with Crippen molar-refractivity contribution in [3.63, 3.8) is 0 Å². The Morgan fingerprint density at radius 3 is 2.61 bits per heavy atom. The molecule has 0 spiro atoms. The molecule has 0 aliphatic heterocycles. The fraction of sp³-hybridized carbons (Fsp3) is 0.571. The molecule has 0 saturated heterocycles. The molecule has 0 amide bonds. The lowest BCUT2D eigenvalue weighted by molar-refractivity contribution is 0.0526. The van der Waals surface area contributed by atoms with E-state index in [1.807, 2.05) is 6.07 Å². The zero-order chi connectivity index (χ0) is 13.4. The van der Waals surface area contributed by atoms with Crippen LogP contribution in [0.25, 0.3) is 0 Å². The van der Waals surface area contributed by atoms with E-state index in [4.69, 9.17) is 4.74 Å². The second-order valence-electron chi connectivity index (χ2n) is 4.06. The number of ether oxygens (including phenoxy) is 1. The van der Waals surface area contributed by atoms with E-state index in [0.29, 0.717) is 12.2 Å². The molecule has 1 aromatic rings. The third-order valence-corrected chi connectivity index (χ3v) is 2.75. The van der Waals surface area contributed by atoms with Gasteiger partial charge in [-0.2, -0.15) is 0 Å². The van der Waals surface area contributed by atoms with Gasteiger partial charge in [-0.1, -0.05) is 13.3 Å². The highest BCUT2D eigenvalue weighted by Gasteiger charge is 2.09. The molecule has 100 valence electrons. The first-order valence-corrected chi connectivity index (χ1v) is 6.61. The lowest BCUT2D eigenvalue weighted by Gasteiger charge is -2.21. The summed E-state index contributed by atoms with van der Waals surface area (Å²) in [5, 5.41) is 0. The van der Waals surface area contributed by atoms with E-state index in [0.717, 1.165) is 31.7 Å². The van der Waals surface area contributed by atoms with Crippen LogP contribution in [-0.4, -0.2) is 30.6 Å². The topological polar surface area (TPSA) is 42.4 Å². The van der Waals surface area contributed by atoms with Gasteiger partial charge in [0.15, 0.2) is 0 Å². The van der Waals surface area contributed by atoms with Gasteiger partial charge in [-0.15, -0.1) is 0 Å². The van der Waals surface area contributed by atoms with Crippen LogP contribution in [0.4, 0.5) is 5.82 Å². The summed E-state index contributed by atoms with van der Waals surface area (Å²) in [5.41, 5.74) is 0.507. The van der Waals surface area contributed by atoms with Gasteiger partial charge in [-0.25, -0.2) is 9.78 Å². The molecule has 0 aliphatic carbocycles. The van der Waals surface area contributed by atoms with Crippen molar-refractivity contribution in [1.29, 1.82) is 0 Å². The highest BCUT2D eigenvalue weighted by molar-refractivity contribution is 5.89. The maximum Gasteiger partial charge on any atom is 0.339 e. The predicted molar refractivity (Wildman–Crippen MR) is 73.0 cm³/mol. The number of hydrogen-bond donors (Lipinski definition) is 0. The maximum atomic E-state index is 11.5. The minimum Gasteiger partial charge on any atom is -0.462 e. The molecule has 18 heavy (non-hydrogen) atoms. The largest absolute Gasteiger partial charge is 0.462 e. The highest BCUT2D eigenvalue weighted by Crippen LogP contribution is 2.12. The van der Waals surface area contributed by atoms with Crippen LogP contribution in [0.1, 0.15) is 44.0 Å². The van der Waals surface area contributed by atoms with Crippen molar-refractivity contribution >= 4 is 11.8 Å². The number of aromatic nitrogens is 1. The number of carbonyl (C=O) groups excluding carboxylic acids is 1. The van der Waals surface area contributed by atoms with Crippen LogP contribution in [0, 0.1) is 0 Å². The smallest absolute Gasteiger partial charge is 0.339 e. The monoisotopic (exact) mass is 250 g/mol. The molecule has 4 heteroatoms. The minimum absolute atomic E-state index is 0.312. The maximum absolute atomic E-state index is 11.5. The lowest BCUT2D eigenvalue weighted by atomic mass is 10.2. The Balaban J connectivity index is 2.71. The zero-order valence-electron chi connectivity index (χ0n) is 11.5. The summed E-state index contributed by atoms with van der Waals surface area (Å²) in [7, 11) is 0. The summed E-state index contributed by atoms with van der Waals surface area (Å²) < 4.78 is 4.93. The fourth-order valence-corrected chi connectivity index (χ4v) is 1.69. The standard InChI is InChI=1S/C14H22N2O2/c1-4-7-10-16(5-2)13-9-8-12(11-15-13)14(17)18-6-3/h8-9,11H,4-7,10H2,1-3H3. The third kappa shape index (κ3) is 4.02. The summed E-state index contributed by atoms with van der Waals surface area (Å²) in [6.45, 7) is 8.38. The zero-order valence-corrected chi connectivity index (χ0v) is 11.5. The van der Waals surface area contributed by atoms with Crippen LogP contribution in [-0.2, 0) is 4.74 Å². The number of esters is 1. The van der Waals surface area contributed by atoms with Crippen LogP contribution < -0.4 is 4.90 Å². The van der Waals surface area contributed by atoms with E-state index in [1.54, 1.807) is 19.2 Å².